The molecule has 0 spiro atoms. The number of nitrogens with zero attached hydrogens (tertiary/aromatic N) is 1. The predicted octanol–water partition coefficient (Wildman–Crippen LogP) is 3.51. The van der Waals surface area contributed by atoms with Gasteiger partial charge in [-0.3, -0.25) is 4.79 Å². The number of benzene rings is 1. The second-order valence-corrected chi connectivity index (χ2v) is 5.64. The standard InChI is InChI=1S/C15H15N3OS/c1-2-11(14-16-7-8-17-14)18-15(19)13-9-10-5-3-4-6-12(10)20-13/h3-9,11H,2H2,1H3,(H,16,17)(H,18,19). The van der Waals surface area contributed by atoms with Crippen molar-refractivity contribution in [3.8, 4) is 0 Å². The van der Waals surface area contributed by atoms with E-state index >= 15 is 0 Å². The summed E-state index contributed by atoms with van der Waals surface area (Å²) in [7, 11) is 0. The Kier molecular flexibility index (Phi) is 3.52. The van der Waals surface area contributed by atoms with Gasteiger partial charge in [0.05, 0.1) is 10.9 Å². The topological polar surface area (TPSA) is 57.8 Å². The molecule has 2 N–H and O–H groups in total. The fraction of sp³-hybridized carbons (Fsp3) is 0.200. The number of rotatable bonds is 4. The van der Waals surface area contributed by atoms with Crippen molar-refractivity contribution in [1.29, 1.82) is 0 Å². The lowest BCUT2D eigenvalue weighted by molar-refractivity contribution is 0.0938. The highest BCUT2D eigenvalue weighted by Crippen LogP contribution is 2.25. The van der Waals surface area contributed by atoms with Crippen molar-refractivity contribution in [3.63, 3.8) is 0 Å². The van der Waals surface area contributed by atoms with Gasteiger partial charge in [-0.2, -0.15) is 0 Å². The summed E-state index contributed by atoms with van der Waals surface area (Å²) in [5, 5.41) is 4.13. The van der Waals surface area contributed by atoms with Crippen LogP contribution in [0.4, 0.5) is 0 Å². The first-order chi connectivity index (χ1) is 9.78. The Hall–Kier alpha value is -2.14. The number of hydrogen-bond donors (Lipinski definition) is 2. The van der Waals surface area contributed by atoms with Crippen molar-refractivity contribution >= 4 is 27.3 Å². The molecule has 20 heavy (non-hydrogen) atoms. The van der Waals surface area contributed by atoms with E-state index < -0.39 is 0 Å². The highest BCUT2D eigenvalue weighted by atomic mass is 32.1. The molecule has 2 heterocycles. The van der Waals surface area contributed by atoms with Gasteiger partial charge in [-0.05, 0) is 23.9 Å². The third-order valence-electron chi connectivity index (χ3n) is 3.21. The molecule has 0 fully saturated rings. The molecule has 0 bridgehead atoms. The lowest BCUT2D eigenvalue weighted by Gasteiger charge is -2.13. The van der Waals surface area contributed by atoms with E-state index in [9.17, 15) is 4.79 Å². The molecule has 1 amide bonds. The van der Waals surface area contributed by atoms with Crippen LogP contribution in [0.5, 0.6) is 0 Å². The highest BCUT2D eigenvalue weighted by molar-refractivity contribution is 7.20. The second-order valence-electron chi connectivity index (χ2n) is 4.56. The maximum absolute atomic E-state index is 12.3. The van der Waals surface area contributed by atoms with Crippen LogP contribution in [0.2, 0.25) is 0 Å². The Morgan fingerprint density at radius 2 is 2.30 bits per heavy atom. The molecule has 0 aliphatic heterocycles. The normalized spacial score (nSPS) is 12.4. The molecule has 5 heteroatoms. The largest absolute Gasteiger partial charge is 0.347 e. The van der Waals surface area contributed by atoms with Gasteiger partial charge in [0.1, 0.15) is 5.82 Å². The number of H-pyrrole nitrogens is 1. The summed E-state index contributed by atoms with van der Waals surface area (Å²) < 4.78 is 1.13. The minimum atomic E-state index is -0.0808. The smallest absolute Gasteiger partial charge is 0.261 e. The van der Waals surface area contributed by atoms with Crippen LogP contribution < -0.4 is 5.32 Å². The molecule has 1 aromatic carbocycles. The van der Waals surface area contributed by atoms with Gasteiger partial charge in [-0.15, -0.1) is 11.3 Å². The first-order valence-corrected chi connectivity index (χ1v) is 7.38. The molecule has 4 nitrogen and oxygen atoms in total. The van der Waals surface area contributed by atoms with E-state index in [-0.39, 0.29) is 11.9 Å². The molecule has 2 aromatic heterocycles. The molecular weight excluding hydrogens is 270 g/mol. The third kappa shape index (κ3) is 2.44. The van der Waals surface area contributed by atoms with Crippen LogP contribution in [0.1, 0.15) is 34.9 Å². The number of fused-ring (bicyclic) bond motifs is 1. The molecule has 3 rings (SSSR count). The second kappa shape index (κ2) is 5.46. The number of carbonyl (C=O) groups is 1. The zero-order valence-electron chi connectivity index (χ0n) is 11.1. The maximum atomic E-state index is 12.3. The minimum absolute atomic E-state index is 0.0468. The van der Waals surface area contributed by atoms with Gasteiger partial charge in [-0.1, -0.05) is 25.1 Å². The average molecular weight is 285 g/mol. The number of aromatic amines is 1. The third-order valence-corrected chi connectivity index (χ3v) is 4.33. The SMILES string of the molecule is CCC(NC(=O)c1cc2ccccc2s1)c1ncc[nH]1. The Morgan fingerprint density at radius 1 is 1.45 bits per heavy atom. The van der Waals surface area contributed by atoms with E-state index in [1.54, 1.807) is 12.4 Å². The molecule has 0 aliphatic rings. The van der Waals surface area contributed by atoms with Gasteiger partial charge in [0.2, 0.25) is 0 Å². The fourth-order valence-electron chi connectivity index (χ4n) is 2.15. The fourth-order valence-corrected chi connectivity index (χ4v) is 3.12. The van der Waals surface area contributed by atoms with Gasteiger partial charge in [-0.25, -0.2) is 4.98 Å². The van der Waals surface area contributed by atoms with Gasteiger partial charge in [0.15, 0.2) is 0 Å². The van der Waals surface area contributed by atoms with Crippen molar-refractivity contribution in [1.82, 2.24) is 15.3 Å². The minimum Gasteiger partial charge on any atom is -0.347 e. The van der Waals surface area contributed by atoms with Crippen LogP contribution in [-0.4, -0.2) is 15.9 Å². The van der Waals surface area contributed by atoms with Gasteiger partial charge < -0.3 is 10.3 Å². The van der Waals surface area contributed by atoms with Crippen molar-refractivity contribution in [3.05, 3.63) is 53.4 Å². The summed E-state index contributed by atoms with van der Waals surface area (Å²) in [4.78, 5) is 20.3. The van der Waals surface area contributed by atoms with Gasteiger partial charge in [0.25, 0.3) is 5.91 Å². The number of carbonyl (C=O) groups excluding carboxylic acids is 1. The first kappa shape index (κ1) is 12.9. The van der Waals surface area contributed by atoms with Crippen LogP contribution in [0.3, 0.4) is 0 Å². The van der Waals surface area contributed by atoms with E-state index in [1.165, 1.54) is 11.3 Å². The Morgan fingerprint density at radius 3 is 3.00 bits per heavy atom. The Balaban J connectivity index is 1.81. The van der Waals surface area contributed by atoms with Crippen molar-refractivity contribution in [2.45, 2.75) is 19.4 Å². The Labute approximate surface area is 120 Å². The molecule has 0 aliphatic carbocycles. The maximum Gasteiger partial charge on any atom is 0.261 e. The summed E-state index contributed by atoms with van der Waals surface area (Å²) in [5.74, 6) is 0.747. The summed E-state index contributed by atoms with van der Waals surface area (Å²) in [6.07, 6.45) is 4.26. The van der Waals surface area contributed by atoms with E-state index in [4.69, 9.17) is 0 Å². The zero-order valence-corrected chi connectivity index (χ0v) is 11.9. The molecule has 3 aromatic rings. The van der Waals surface area contributed by atoms with Crippen LogP contribution in [0, 0.1) is 0 Å². The highest BCUT2D eigenvalue weighted by Gasteiger charge is 2.17. The Bertz CT molecular complexity index is 685. The van der Waals surface area contributed by atoms with Gasteiger partial charge >= 0.3 is 0 Å². The number of hydrogen-bond acceptors (Lipinski definition) is 3. The quantitative estimate of drug-likeness (QED) is 0.770. The molecular formula is C15H15N3OS. The van der Waals surface area contributed by atoms with Crippen LogP contribution >= 0.6 is 11.3 Å². The molecule has 1 unspecified atom stereocenters. The molecule has 102 valence electrons. The molecule has 0 radical (unpaired) electrons. The van der Waals surface area contributed by atoms with Crippen LogP contribution in [0.25, 0.3) is 10.1 Å². The van der Waals surface area contributed by atoms with Crippen LogP contribution in [-0.2, 0) is 0 Å². The number of imidazole rings is 1. The first-order valence-electron chi connectivity index (χ1n) is 6.56. The molecule has 0 saturated carbocycles. The number of thiophene rings is 1. The number of aromatic nitrogens is 2. The number of nitrogens with one attached hydrogen (secondary N) is 2. The lowest BCUT2D eigenvalue weighted by atomic mass is 10.2. The van der Waals surface area contributed by atoms with Crippen molar-refractivity contribution in [2.24, 2.45) is 0 Å². The van der Waals surface area contributed by atoms with E-state index in [0.29, 0.717) is 0 Å². The van der Waals surface area contributed by atoms with Gasteiger partial charge in [0, 0.05) is 17.1 Å². The number of amides is 1. The lowest BCUT2D eigenvalue weighted by Crippen LogP contribution is -2.28. The van der Waals surface area contributed by atoms with E-state index in [0.717, 1.165) is 27.2 Å². The molecule has 0 saturated heterocycles. The van der Waals surface area contributed by atoms with E-state index in [2.05, 4.69) is 15.3 Å². The monoisotopic (exact) mass is 285 g/mol. The molecule has 1 atom stereocenters. The van der Waals surface area contributed by atoms with Crippen molar-refractivity contribution in [2.75, 3.05) is 0 Å². The summed E-state index contributed by atoms with van der Waals surface area (Å²) in [6.45, 7) is 2.03. The van der Waals surface area contributed by atoms with Crippen LogP contribution in [0.15, 0.2) is 42.7 Å². The summed E-state index contributed by atoms with van der Waals surface area (Å²) in [6, 6.07) is 9.87. The predicted molar refractivity (Wildman–Crippen MR) is 80.9 cm³/mol. The summed E-state index contributed by atoms with van der Waals surface area (Å²) in [5.41, 5.74) is 0. The van der Waals surface area contributed by atoms with E-state index in [1.807, 2.05) is 37.3 Å². The zero-order chi connectivity index (χ0) is 13.9. The average Bonchev–Trinajstić information content (AvgIpc) is 3.13. The van der Waals surface area contributed by atoms with Crippen molar-refractivity contribution < 1.29 is 4.79 Å². The summed E-state index contributed by atoms with van der Waals surface area (Å²) >= 11 is 1.51.